The molecule has 0 saturated heterocycles. The van der Waals surface area contributed by atoms with E-state index in [-0.39, 0.29) is 6.10 Å². The number of benzene rings is 1. The lowest BCUT2D eigenvalue weighted by atomic mass is 10.2. The van der Waals surface area contributed by atoms with E-state index in [0.717, 1.165) is 11.3 Å². The van der Waals surface area contributed by atoms with Crippen LogP contribution in [0.2, 0.25) is 0 Å². The van der Waals surface area contributed by atoms with E-state index in [1.54, 1.807) is 6.08 Å². The van der Waals surface area contributed by atoms with Crippen molar-refractivity contribution in [1.29, 1.82) is 0 Å². The topological polar surface area (TPSA) is 29.5 Å². The molecule has 0 amide bonds. The first kappa shape index (κ1) is 8.17. The number of rotatable bonds is 0. The molecule has 1 atom stereocenters. The predicted octanol–water partition coefficient (Wildman–Crippen LogP) is 2.76. The third-order valence-corrected chi connectivity index (χ3v) is 2.07. The van der Waals surface area contributed by atoms with Crippen molar-refractivity contribution in [2.24, 2.45) is 0 Å². The number of aliphatic hydroxyl groups excluding tert-OH is 1. The van der Waals surface area contributed by atoms with Gasteiger partial charge in [0.1, 0.15) is 11.9 Å². The van der Waals surface area contributed by atoms with E-state index < -0.39 is 0 Å². The summed E-state index contributed by atoms with van der Waals surface area (Å²) in [6.07, 6.45) is 2.38. The summed E-state index contributed by atoms with van der Waals surface area (Å²) in [7, 11) is 0. The molecule has 1 N–H and O–H groups in total. The van der Waals surface area contributed by atoms with Crippen LogP contribution in [0.5, 0.6) is 5.75 Å². The van der Waals surface area contributed by atoms with Crippen molar-refractivity contribution in [3.63, 3.8) is 0 Å². The second kappa shape index (κ2) is 3.13. The molecule has 2 rings (SSSR count). The number of aliphatic hydroxyl groups is 1. The van der Waals surface area contributed by atoms with E-state index in [2.05, 4.69) is 0 Å². The minimum atomic E-state index is 0.0416. The first-order valence-corrected chi connectivity index (χ1v) is 4.41. The average Bonchev–Trinajstić information content (AvgIpc) is 2.20. The second-order valence-electron chi connectivity index (χ2n) is 3.31. The van der Waals surface area contributed by atoms with Gasteiger partial charge in [0.2, 0.25) is 0 Å². The standard InChI is InChI=1S/C11H12O2/c1-8-6-10(12)7-9-4-2-3-5-11(9)13-8/h2-5,7-8,12H,6H2,1H3. The van der Waals surface area contributed by atoms with Gasteiger partial charge in [-0.1, -0.05) is 18.2 Å². The van der Waals surface area contributed by atoms with Crippen LogP contribution in [0.25, 0.3) is 6.08 Å². The highest BCUT2D eigenvalue weighted by molar-refractivity contribution is 5.59. The van der Waals surface area contributed by atoms with E-state index in [1.165, 1.54) is 0 Å². The molecule has 0 spiro atoms. The van der Waals surface area contributed by atoms with Crippen LogP contribution in [0.1, 0.15) is 18.9 Å². The molecule has 2 heteroatoms. The van der Waals surface area contributed by atoms with Crippen LogP contribution in [0.15, 0.2) is 30.0 Å². The van der Waals surface area contributed by atoms with Crippen LogP contribution in [-0.4, -0.2) is 11.2 Å². The summed E-state index contributed by atoms with van der Waals surface area (Å²) in [5.74, 6) is 1.23. The third kappa shape index (κ3) is 1.66. The zero-order valence-electron chi connectivity index (χ0n) is 7.53. The molecule has 0 aromatic heterocycles. The summed E-state index contributed by atoms with van der Waals surface area (Å²) in [5.41, 5.74) is 0.948. The lowest BCUT2D eigenvalue weighted by Gasteiger charge is -2.11. The Labute approximate surface area is 77.5 Å². The number of fused-ring (bicyclic) bond motifs is 1. The van der Waals surface area contributed by atoms with Crippen molar-refractivity contribution >= 4 is 6.08 Å². The van der Waals surface area contributed by atoms with Gasteiger partial charge >= 0.3 is 0 Å². The van der Waals surface area contributed by atoms with Gasteiger partial charge in [0.15, 0.2) is 0 Å². The van der Waals surface area contributed by atoms with Crippen LogP contribution in [0.4, 0.5) is 0 Å². The molecule has 0 radical (unpaired) electrons. The van der Waals surface area contributed by atoms with Crippen LogP contribution >= 0.6 is 0 Å². The minimum Gasteiger partial charge on any atom is -0.512 e. The molecule has 0 aliphatic carbocycles. The monoisotopic (exact) mass is 176 g/mol. The minimum absolute atomic E-state index is 0.0416. The lowest BCUT2D eigenvalue weighted by Crippen LogP contribution is -2.11. The molecule has 1 aromatic rings. The second-order valence-corrected chi connectivity index (χ2v) is 3.31. The molecule has 0 fully saturated rings. The highest BCUT2D eigenvalue weighted by atomic mass is 16.5. The van der Waals surface area contributed by atoms with Gasteiger partial charge in [-0.15, -0.1) is 0 Å². The molecular formula is C11H12O2. The molecule has 68 valence electrons. The van der Waals surface area contributed by atoms with Gasteiger partial charge in [0, 0.05) is 12.0 Å². The van der Waals surface area contributed by atoms with Gasteiger partial charge in [0.05, 0.1) is 5.76 Å². The Morgan fingerprint density at radius 3 is 3.00 bits per heavy atom. The first-order chi connectivity index (χ1) is 6.25. The molecule has 1 unspecified atom stereocenters. The largest absolute Gasteiger partial charge is 0.512 e. The molecule has 13 heavy (non-hydrogen) atoms. The van der Waals surface area contributed by atoms with Crippen molar-refractivity contribution in [2.45, 2.75) is 19.4 Å². The summed E-state index contributed by atoms with van der Waals surface area (Å²) < 4.78 is 5.62. The molecule has 1 aromatic carbocycles. The van der Waals surface area contributed by atoms with Crippen LogP contribution in [0, 0.1) is 0 Å². The lowest BCUT2D eigenvalue weighted by molar-refractivity contribution is 0.205. The third-order valence-electron chi connectivity index (χ3n) is 2.07. The Kier molecular flexibility index (Phi) is 1.97. The van der Waals surface area contributed by atoms with Gasteiger partial charge in [-0.2, -0.15) is 0 Å². The fraction of sp³-hybridized carbons (Fsp3) is 0.273. The Hall–Kier alpha value is -1.44. The van der Waals surface area contributed by atoms with Crippen molar-refractivity contribution in [1.82, 2.24) is 0 Å². The highest BCUT2D eigenvalue weighted by Gasteiger charge is 2.13. The fourth-order valence-corrected chi connectivity index (χ4v) is 1.50. The maximum atomic E-state index is 9.49. The quantitative estimate of drug-likeness (QED) is 0.658. The summed E-state index contributed by atoms with van der Waals surface area (Å²) in [6, 6.07) is 7.72. The molecular weight excluding hydrogens is 164 g/mol. The van der Waals surface area contributed by atoms with Crippen LogP contribution in [0.3, 0.4) is 0 Å². The Bertz CT molecular complexity index is 342. The SMILES string of the molecule is CC1CC(O)=Cc2ccccc2O1. The van der Waals surface area contributed by atoms with Gasteiger partial charge in [-0.05, 0) is 19.1 Å². The van der Waals surface area contributed by atoms with Crippen molar-refractivity contribution in [3.05, 3.63) is 35.6 Å². The first-order valence-electron chi connectivity index (χ1n) is 4.41. The summed E-state index contributed by atoms with van der Waals surface area (Å²) in [6.45, 7) is 1.95. The van der Waals surface area contributed by atoms with E-state index in [0.29, 0.717) is 12.2 Å². The van der Waals surface area contributed by atoms with Crippen molar-refractivity contribution in [3.8, 4) is 5.75 Å². The molecule has 1 aliphatic heterocycles. The van der Waals surface area contributed by atoms with Crippen molar-refractivity contribution < 1.29 is 9.84 Å². The number of para-hydroxylation sites is 1. The summed E-state index contributed by atoms with van der Waals surface area (Å²) >= 11 is 0. The summed E-state index contributed by atoms with van der Waals surface area (Å²) in [4.78, 5) is 0. The van der Waals surface area contributed by atoms with Crippen molar-refractivity contribution in [2.75, 3.05) is 0 Å². The molecule has 0 saturated carbocycles. The van der Waals surface area contributed by atoms with Crippen LogP contribution in [-0.2, 0) is 0 Å². The Morgan fingerprint density at radius 2 is 2.15 bits per heavy atom. The molecule has 2 nitrogen and oxygen atoms in total. The number of hydrogen-bond acceptors (Lipinski definition) is 2. The fourth-order valence-electron chi connectivity index (χ4n) is 1.50. The number of hydrogen-bond donors (Lipinski definition) is 1. The normalized spacial score (nSPS) is 21.0. The molecule has 0 bridgehead atoms. The van der Waals surface area contributed by atoms with Gasteiger partial charge in [-0.25, -0.2) is 0 Å². The summed E-state index contributed by atoms with van der Waals surface area (Å²) in [5, 5.41) is 9.49. The maximum absolute atomic E-state index is 9.49. The zero-order chi connectivity index (χ0) is 9.26. The van der Waals surface area contributed by atoms with E-state index >= 15 is 0 Å². The van der Waals surface area contributed by atoms with Gasteiger partial charge in [-0.3, -0.25) is 0 Å². The molecule has 1 heterocycles. The van der Waals surface area contributed by atoms with Gasteiger partial charge < -0.3 is 9.84 Å². The number of ether oxygens (including phenoxy) is 1. The average molecular weight is 176 g/mol. The van der Waals surface area contributed by atoms with E-state index in [1.807, 2.05) is 31.2 Å². The molecule has 1 aliphatic rings. The van der Waals surface area contributed by atoms with Crippen LogP contribution < -0.4 is 4.74 Å². The maximum Gasteiger partial charge on any atom is 0.127 e. The zero-order valence-corrected chi connectivity index (χ0v) is 7.53. The smallest absolute Gasteiger partial charge is 0.127 e. The Balaban J connectivity index is 2.45. The Morgan fingerprint density at radius 1 is 1.38 bits per heavy atom. The predicted molar refractivity (Wildman–Crippen MR) is 51.8 cm³/mol. The van der Waals surface area contributed by atoms with E-state index in [9.17, 15) is 5.11 Å². The van der Waals surface area contributed by atoms with Gasteiger partial charge in [0.25, 0.3) is 0 Å². The van der Waals surface area contributed by atoms with E-state index in [4.69, 9.17) is 4.74 Å². The highest BCUT2D eigenvalue weighted by Crippen LogP contribution is 2.26.